The van der Waals surface area contributed by atoms with Gasteiger partial charge >= 0.3 is 0 Å². The summed E-state index contributed by atoms with van der Waals surface area (Å²) in [5.41, 5.74) is 1.17. The van der Waals surface area contributed by atoms with Crippen LogP contribution in [0.15, 0.2) is 54.6 Å². The predicted molar refractivity (Wildman–Crippen MR) is 131 cm³/mol. The highest BCUT2D eigenvalue weighted by molar-refractivity contribution is 6.10. The molecule has 2 saturated heterocycles. The lowest BCUT2D eigenvalue weighted by Gasteiger charge is -2.48. The number of amides is 4. The Kier molecular flexibility index (Phi) is 6.05. The van der Waals surface area contributed by atoms with E-state index in [0.29, 0.717) is 75.2 Å². The maximum atomic E-state index is 13.3. The fourth-order valence-electron chi connectivity index (χ4n) is 5.51. The largest absolute Gasteiger partial charge is 0.339 e. The van der Waals surface area contributed by atoms with Gasteiger partial charge in [0.05, 0.1) is 11.3 Å². The van der Waals surface area contributed by atoms with Gasteiger partial charge in [0.25, 0.3) is 11.8 Å². The first-order chi connectivity index (χ1) is 16.9. The molecule has 2 aromatic rings. The zero-order valence-corrected chi connectivity index (χ0v) is 20.0. The highest BCUT2D eigenvalue weighted by Gasteiger charge is 2.52. The van der Waals surface area contributed by atoms with Gasteiger partial charge in [0, 0.05) is 51.1 Å². The Labute approximate surface area is 205 Å². The van der Waals surface area contributed by atoms with Crippen molar-refractivity contribution in [2.24, 2.45) is 0 Å². The van der Waals surface area contributed by atoms with Crippen molar-refractivity contribution in [1.29, 1.82) is 0 Å². The van der Waals surface area contributed by atoms with Crippen molar-refractivity contribution in [3.8, 4) is 0 Å². The summed E-state index contributed by atoms with van der Waals surface area (Å²) >= 11 is 0. The standard InChI is InChI=1S/C27H30N4O4/c1-27-14-13-24(33)31(27)22-11-6-5-10-21(22)26(35)30(27)15-7-12-23(32)28-16-18-29(19-17-28)25(34)20-8-3-2-4-9-20/h2-6,8-11H,7,12-19H2,1H3. The summed E-state index contributed by atoms with van der Waals surface area (Å²) in [7, 11) is 0. The molecule has 3 heterocycles. The van der Waals surface area contributed by atoms with Gasteiger partial charge in [-0.15, -0.1) is 0 Å². The van der Waals surface area contributed by atoms with Crippen molar-refractivity contribution < 1.29 is 19.2 Å². The maximum absolute atomic E-state index is 13.3. The van der Waals surface area contributed by atoms with Gasteiger partial charge in [-0.2, -0.15) is 0 Å². The third kappa shape index (κ3) is 4.07. The van der Waals surface area contributed by atoms with E-state index in [1.807, 2.05) is 43.3 Å². The van der Waals surface area contributed by atoms with Crippen LogP contribution < -0.4 is 4.90 Å². The average molecular weight is 475 g/mol. The lowest BCUT2D eigenvalue weighted by atomic mass is 9.98. The van der Waals surface area contributed by atoms with E-state index >= 15 is 0 Å². The maximum Gasteiger partial charge on any atom is 0.257 e. The van der Waals surface area contributed by atoms with Gasteiger partial charge in [-0.05, 0) is 44.0 Å². The lowest BCUT2D eigenvalue weighted by Crippen LogP contribution is -2.62. The summed E-state index contributed by atoms with van der Waals surface area (Å²) in [5.74, 6) is -0.0392. The van der Waals surface area contributed by atoms with E-state index in [9.17, 15) is 19.2 Å². The second kappa shape index (κ2) is 9.17. The number of fused-ring (bicyclic) bond motifs is 3. The Morgan fingerprint density at radius 1 is 0.886 bits per heavy atom. The summed E-state index contributed by atoms with van der Waals surface area (Å²) in [6.07, 6.45) is 1.83. The fraction of sp³-hybridized carbons (Fsp3) is 0.407. The molecule has 0 radical (unpaired) electrons. The number of rotatable bonds is 5. The monoisotopic (exact) mass is 474 g/mol. The number of para-hydroxylation sites is 1. The van der Waals surface area contributed by atoms with Crippen LogP contribution in [-0.2, 0) is 9.59 Å². The SMILES string of the molecule is CC12CCC(=O)N1c1ccccc1C(=O)N2CCCC(=O)N1CCN(C(=O)c2ccccc2)CC1. The smallest absolute Gasteiger partial charge is 0.257 e. The summed E-state index contributed by atoms with van der Waals surface area (Å²) in [4.78, 5) is 58.6. The first-order valence-corrected chi connectivity index (χ1v) is 12.3. The van der Waals surface area contributed by atoms with E-state index in [-0.39, 0.29) is 23.6 Å². The molecule has 8 nitrogen and oxygen atoms in total. The highest BCUT2D eigenvalue weighted by Crippen LogP contribution is 2.44. The molecule has 8 heteroatoms. The Bertz CT molecular complexity index is 1160. The molecule has 1 unspecified atom stereocenters. The summed E-state index contributed by atoms with van der Waals surface area (Å²) in [6, 6.07) is 16.4. The minimum Gasteiger partial charge on any atom is -0.339 e. The van der Waals surface area contributed by atoms with E-state index < -0.39 is 5.66 Å². The van der Waals surface area contributed by atoms with E-state index in [0.717, 1.165) is 0 Å². The molecule has 35 heavy (non-hydrogen) atoms. The Balaban J connectivity index is 1.18. The van der Waals surface area contributed by atoms with Crippen LogP contribution in [0.25, 0.3) is 0 Å². The topological polar surface area (TPSA) is 81.2 Å². The summed E-state index contributed by atoms with van der Waals surface area (Å²) in [5, 5.41) is 0. The second-order valence-corrected chi connectivity index (χ2v) is 9.56. The highest BCUT2D eigenvalue weighted by atomic mass is 16.2. The molecule has 5 rings (SSSR count). The zero-order valence-electron chi connectivity index (χ0n) is 20.0. The molecule has 3 aliphatic heterocycles. The summed E-state index contributed by atoms with van der Waals surface area (Å²) in [6.45, 7) is 4.38. The van der Waals surface area contributed by atoms with Crippen LogP contribution in [0.4, 0.5) is 5.69 Å². The second-order valence-electron chi connectivity index (χ2n) is 9.56. The van der Waals surface area contributed by atoms with Gasteiger partial charge in [0.15, 0.2) is 0 Å². The van der Waals surface area contributed by atoms with Crippen LogP contribution in [0.2, 0.25) is 0 Å². The third-order valence-electron chi connectivity index (χ3n) is 7.46. The quantitative estimate of drug-likeness (QED) is 0.667. The molecule has 3 aliphatic rings. The van der Waals surface area contributed by atoms with E-state index in [1.165, 1.54) is 0 Å². The van der Waals surface area contributed by atoms with E-state index in [2.05, 4.69) is 0 Å². The number of benzene rings is 2. The zero-order chi connectivity index (χ0) is 24.6. The number of anilines is 1. The van der Waals surface area contributed by atoms with Crippen LogP contribution in [0.1, 0.15) is 53.3 Å². The van der Waals surface area contributed by atoms with E-state index in [1.54, 1.807) is 37.8 Å². The molecule has 0 spiro atoms. The third-order valence-corrected chi connectivity index (χ3v) is 7.46. The molecule has 2 aromatic carbocycles. The first kappa shape index (κ1) is 23.1. The minimum absolute atomic E-state index is 0.00880. The number of nitrogens with zero attached hydrogens (tertiary/aromatic N) is 4. The average Bonchev–Trinajstić information content (AvgIpc) is 3.21. The fourth-order valence-corrected chi connectivity index (χ4v) is 5.51. The minimum atomic E-state index is -0.699. The lowest BCUT2D eigenvalue weighted by molar-refractivity contribution is -0.133. The van der Waals surface area contributed by atoms with E-state index in [4.69, 9.17) is 0 Å². The van der Waals surface area contributed by atoms with Gasteiger partial charge in [0.1, 0.15) is 5.66 Å². The van der Waals surface area contributed by atoms with Gasteiger partial charge in [0.2, 0.25) is 11.8 Å². The van der Waals surface area contributed by atoms with Crippen molar-refractivity contribution in [2.75, 3.05) is 37.6 Å². The first-order valence-electron chi connectivity index (χ1n) is 12.3. The normalized spacial score (nSPS) is 21.7. The molecule has 1 atom stereocenters. The van der Waals surface area contributed by atoms with Crippen LogP contribution >= 0.6 is 0 Å². The van der Waals surface area contributed by atoms with Gasteiger partial charge in [-0.1, -0.05) is 30.3 Å². The van der Waals surface area contributed by atoms with Gasteiger partial charge in [-0.3, -0.25) is 24.1 Å². The molecule has 0 aliphatic carbocycles. The van der Waals surface area contributed by atoms with Gasteiger partial charge < -0.3 is 14.7 Å². The van der Waals surface area contributed by atoms with Crippen molar-refractivity contribution >= 4 is 29.3 Å². The Hall–Kier alpha value is -3.68. The Morgan fingerprint density at radius 2 is 1.54 bits per heavy atom. The Morgan fingerprint density at radius 3 is 2.29 bits per heavy atom. The van der Waals surface area contributed by atoms with Crippen molar-refractivity contribution in [3.05, 3.63) is 65.7 Å². The number of hydrogen-bond donors (Lipinski definition) is 0. The number of carbonyl (C=O) groups excluding carboxylic acids is 4. The molecule has 0 bridgehead atoms. The number of piperazine rings is 1. The predicted octanol–water partition coefficient (Wildman–Crippen LogP) is 2.75. The molecule has 0 N–H and O–H groups in total. The van der Waals surface area contributed by atoms with Gasteiger partial charge in [-0.25, -0.2) is 0 Å². The molecular weight excluding hydrogens is 444 g/mol. The molecule has 182 valence electrons. The van der Waals surface area contributed by atoms with Crippen LogP contribution in [-0.4, -0.2) is 76.7 Å². The van der Waals surface area contributed by atoms with Crippen LogP contribution in [0.3, 0.4) is 0 Å². The van der Waals surface area contributed by atoms with Crippen molar-refractivity contribution in [1.82, 2.24) is 14.7 Å². The van der Waals surface area contributed by atoms with Crippen LogP contribution in [0.5, 0.6) is 0 Å². The molecular formula is C27H30N4O4. The summed E-state index contributed by atoms with van der Waals surface area (Å²) < 4.78 is 0. The number of carbonyl (C=O) groups is 4. The van der Waals surface area contributed by atoms with Crippen molar-refractivity contribution in [2.45, 2.75) is 38.3 Å². The van der Waals surface area contributed by atoms with Crippen molar-refractivity contribution in [3.63, 3.8) is 0 Å². The number of hydrogen-bond acceptors (Lipinski definition) is 4. The molecule has 4 amide bonds. The van der Waals surface area contributed by atoms with Crippen LogP contribution in [0, 0.1) is 0 Å². The molecule has 2 fully saturated rings. The molecule has 0 saturated carbocycles. The molecule has 0 aromatic heterocycles.